The lowest BCUT2D eigenvalue weighted by Crippen LogP contribution is -2.24. The van der Waals surface area contributed by atoms with Gasteiger partial charge in [-0.3, -0.25) is 14.6 Å². The normalized spacial score (nSPS) is 11.1. The number of aryl methyl sites for hydroxylation is 2. The monoisotopic (exact) mass is 327 g/mol. The number of aromatic nitrogens is 5. The number of hydrazone groups is 1. The topological polar surface area (TPSA) is 131 Å². The van der Waals surface area contributed by atoms with E-state index in [1.54, 1.807) is 19.1 Å². The largest absolute Gasteiger partial charge is 0.463 e. The first-order chi connectivity index (χ1) is 11.5. The molecule has 122 valence electrons. The third kappa shape index (κ3) is 3.11. The van der Waals surface area contributed by atoms with E-state index in [0.29, 0.717) is 11.5 Å². The molecule has 3 aromatic rings. The first-order valence-corrected chi connectivity index (χ1v) is 6.92. The number of hydrogen-bond acceptors (Lipinski definition) is 7. The summed E-state index contributed by atoms with van der Waals surface area (Å²) in [4.78, 5) is 26.5. The van der Waals surface area contributed by atoms with Crippen LogP contribution in [0.1, 0.15) is 27.6 Å². The van der Waals surface area contributed by atoms with Crippen molar-refractivity contribution in [3.05, 3.63) is 57.7 Å². The van der Waals surface area contributed by atoms with Crippen LogP contribution in [0.3, 0.4) is 0 Å². The second-order valence-electron chi connectivity index (χ2n) is 4.86. The van der Waals surface area contributed by atoms with E-state index < -0.39 is 11.5 Å². The van der Waals surface area contributed by atoms with Gasteiger partial charge in [-0.2, -0.15) is 14.9 Å². The van der Waals surface area contributed by atoms with E-state index in [0.717, 1.165) is 0 Å². The molecule has 0 bridgehead atoms. The number of rotatable bonds is 4. The van der Waals surface area contributed by atoms with Crippen LogP contribution in [0, 0.1) is 13.8 Å². The highest BCUT2D eigenvalue weighted by molar-refractivity contribution is 5.93. The van der Waals surface area contributed by atoms with Crippen LogP contribution in [0.5, 0.6) is 0 Å². The molecule has 10 nitrogen and oxygen atoms in total. The highest BCUT2D eigenvalue weighted by Gasteiger charge is 2.17. The van der Waals surface area contributed by atoms with E-state index in [2.05, 4.69) is 30.8 Å². The van der Waals surface area contributed by atoms with Crippen molar-refractivity contribution < 1.29 is 9.21 Å². The minimum atomic E-state index is -0.526. The summed E-state index contributed by atoms with van der Waals surface area (Å²) in [5, 5.41) is 15.5. The van der Waals surface area contributed by atoms with Crippen molar-refractivity contribution in [3.8, 4) is 5.95 Å². The Hall–Kier alpha value is -3.56. The lowest BCUT2D eigenvalue weighted by Gasteiger charge is -2.04. The zero-order valence-corrected chi connectivity index (χ0v) is 12.8. The Morgan fingerprint density at radius 3 is 2.96 bits per heavy atom. The number of nitrogens with one attached hydrogen (secondary N) is 2. The van der Waals surface area contributed by atoms with E-state index in [4.69, 9.17) is 4.42 Å². The average molecular weight is 327 g/mol. The van der Waals surface area contributed by atoms with Crippen molar-refractivity contribution in [1.29, 1.82) is 0 Å². The molecule has 0 saturated carbocycles. The Kier molecular flexibility index (Phi) is 4.01. The molecule has 0 spiro atoms. The Morgan fingerprint density at radius 1 is 1.42 bits per heavy atom. The quantitative estimate of drug-likeness (QED) is 0.524. The molecule has 0 radical (unpaired) electrons. The van der Waals surface area contributed by atoms with Crippen LogP contribution in [0.15, 0.2) is 38.8 Å². The standard InChI is InChI=1S/C14H13N7O3/c1-8-6-11(13(23)18-15-7-10-4-3-5-24-10)21(20-8)14-16-12(22)9(2)17-19-14/h3-7H,1-2H3,(H,18,23)(H,16,19,22)/b15-7-. The van der Waals surface area contributed by atoms with Crippen LogP contribution in [-0.4, -0.2) is 37.1 Å². The maximum Gasteiger partial charge on any atom is 0.290 e. The maximum absolute atomic E-state index is 12.3. The molecular weight excluding hydrogens is 314 g/mol. The van der Waals surface area contributed by atoms with Gasteiger partial charge in [0.1, 0.15) is 17.1 Å². The zero-order valence-electron chi connectivity index (χ0n) is 12.8. The van der Waals surface area contributed by atoms with Gasteiger partial charge in [-0.15, -0.1) is 10.2 Å². The van der Waals surface area contributed by atoms with Crippen LogP contribution < -0.4 is 11.0 Å². The molecule has 0 atom stereocenters. The SMILES string of the molecule is Cc1cc(C(=O)N/N=C\c2ccco2)n(-c2nnc(C)c(=O)[nH]2)n1. The molecule has 1 amide bonds. The number of carbonyl (C=O) groups is 1. The summed E-state index contributed by atoms with van der Waals surface area (Å²) in [5.74, 6) is 0.00853. The Morgan fingerprint density at radius 2 is 2.25 bits per heavy atom. The molecule has 2 N–H and O–H groups in total. The summed E-state index contributed by atoms with van der Waals surface area (Å²) in [5.41, 5.74) is 2.89. The molecule has 10 heteroatoms. The number of nitrogens with zero attached hydrogens (tertiary/aromatic N) is 5. The van der Waals surface area contributed by atoms with Crippen LogP contribution in [0.25, 0.3) is 5.95 Å². The second-order valence-corrected chi connectivity index (χ2v) is 4.86. The van der Waals surface area contributed by atoms with Gasteiger partial charge in [0.05, 0.1) is 18.2 Å². The fourth-order valence-electron chi connectivity index (χ4n) is 1.88. The minimum Gasteiger partial charge on any atom is -0.463 e. The molecular formula is C14H13N7O3. The summed E-state index contributed by atoms with van der Waals surface area (Å²) in [6.45, 7) is 3.24. The highest BCUT2D eigenvalue weighted by Crippen LogP contribution is 2.07. The maximum atomic E-state index is 12.3. The fraction of sp³-hybridized carbons (Fsp3) is 0.143. The van der Waals surface area contributed by atoms with Crippen molar-refractivity contribution in [3.63, 3.8) is 0 Å². The molecule has 0 aliphatic carbocycles. The summed E-state index contributed by atoms with van der Waals surface area (Å²) < 4.78 is 6.26. The van der Waals surface area contributed by atoms with Gasteiger partial charge in [-0.25, -0.2) is 5.43 Å². The predicted octanol–water partition coefficient (Wildman–Crippen LogP) is 0.324. The predicted molar refractivity (Wildman–Crippen MR) is 83.0 cm³/mol. The molecule has 0 fully saturated rings. The number of amides is 1. The third-order valence-electron chi connectivity index (χ3n) is 3.01. The fourth-order valence-corrected chi connectivity index (χ4v) is 1.88. The number of furan rings is 1. The zero-order chi connectivity index (χ0) is 17.1. The molecule has 0 aliphatic rings. The van der Waals surface area contributed by atoms with E-state index in [9.17, 15) is 9.59 Å². The molecule has 0 aliphatic heterocycles. The molecule has 0 saturated heterocycles. The molecule has 0 aromatic carbocycles. The number of carbonyl (C=O) groups excluding carboxylic acids is 1. The summed E-state index contributed by atoms with van der Waals surface area (Å²) in [6.07, 6.45) is 2.85. The first kappa shape index (κ1) is 15.3. The summed E-state index contributed by atoms with van der Waals surface area (Å²) in [7, 11) is 0. The summed E-state index contributed by atoms with van der Waals surface area (Å²) in [6, 6.07) is 4.93. The highest BCUT2D eigenvalue weighted by atomic mass is 16.3. The van der Waals surface area contributed by atoms with Gasteiger partial charge in [0.25, 0.3) is 17.4 Å². The van der Waals surface area contributed by atoms with Crippen molar-refractivity contribution >= 4 is 12.1 Å². The Bertz CT molecular complexity index is 953. The smallest absolute Gasteiger partial charge is 0.290 e. The van der Waals surface area contributed by atoms with Crippen LogP contribution in [-0.2, 0) is 0 Å². The Balaban J connectivity index is 1.86. The van der Waals surface area contributed by atoms with Gasteiger partial charge < -0.3 is 4.42 Å². The van der Waals surface area contributed by atoms with Crippen LogP contribution in [0.2, 0.25) is 0 Å². The number of H-pyrrole nitrogens is 1. The second kappa shape index (κ2) is 6.28. The molecule has 3 aromatic heterocycles. The van der Waals surface area contributed by atoms with Gasteiger partial charge in [-0.1, -0.05) is 0 Å². The van der Waals surface area contributed by atoms with Crippen LogP contribution >= 0.6 is 0 Å². The third-order valence-corrected chi connectivity index (χ3v) is 3.01. The molecule has 0 unspecified atom stereocenters. The number of aromatic amines is 1. The average Bonchev–Trinajstić information content (AvgIpc) is 3.19. The van der Waals surface area contributed by atoms with E-state index in [1.165, 1.54) is 30.1 Å². The first-order valence-electron chi connectivity index (χ1n) is 6.92. The van der Waals surface area contributed by atoms with Gasteiger partial charge in [-0.05, 0) is 32.0 Å². The van der Waals surface area contributed by atoms with Crippen molar-refractivity contribution in [2.45, 2.75) is 13.8 Å². The van der Waals surface area contributed by atoms with Crippen LogP contribution in [0.4, 0.5) is 0 Å². The van der Waals surface area contributed by atoms with Gasteiger partial charge in [0, 0.05) is 0 Å². The van der Waals surface area contributed by atoms with E-state index in [1.807, 2.05) is 0 Å². The Labute approximate surface area is 135 Å². The van der Waals surface area contributed by atoms with E-state index in [-0.39, 0.29) is 17.3 Å². The molecule has 3 heterocycles. The molecule has 24 heavy (non-hydrogen) atoms. The van der Waals surface area contributed by atoms with Crippen molar-refractivity contribution in [2.24, 2.45) is 5.10 Å². The van der Waals surface area contributed by atoms with Gasteiger partial charge in [0.2, 0.25) is 0 Å². The molecule has 3 rings (SSSR count). The minimum absolute atomic E-state index is 0.0406. The van der Waals surface area contributed by atoms with Gasteiger partial charge >= 0.3 is 0 Å². The lowest BCUT2D eigenvalue weighted by molar-refractivity contribution is 0.0947. The number of hydrogen-bond donors (Lipinski definition) is 2. The van der Waals surface area contributed by atoms with Gasteiger partial charge in [0.15, 0.2) is 0 Å². The van der Waals surface area contributed by atoms with E-state index >= 15 is 0 Å². The lowest BCUT2D eigenvalue weighted by atomic mass is 10.3. The van der Waals surface area contributed by atoms with Crippen molar-refractivity contribution in [2.75, 3.05) is 0 Å². The summed E-state index contributed by atoms with van der Waals surface area (Å²) >= 11 is 0. The van der Waals surface area contributed by atoms with Crippen molar-refractivity contribution in [1.82, 2.24) is 30.4 Å².